The predicted octanol–water partition coefficient (Wildman–Crippen LogP) is 2.13. The highest BCUT2D eigenvalue weighted by atomic mass is 127. The lowest BCUT2D eigenvalue weighted by molar-refractivity contribution is 0.0257. The van der Waals surface area contributed by atoms with Gasteiger partial charge in [0.25, 0.3) is 0 Å². The molecule has 3 N–H and O–H groups in total. The number of aliphatic imine (C=N–C) groups is 1. The summed E-state index contributed by atoms with van der Waals surface area (Å²) in [5.41, 5.74) is -0.680. The van der Waals surface area contributed by atoms with Crippen molar-refractivity contribution >= 4 is 29.9 Å². The first-order valence-corrected chi connectivity index (χ1v) is 8.55. The molecule has 7 nitrogen and oxygen atoms in total. The normalized spacial score (nSPS) is 12.0. The van der Waals surface area contributed by atoms with Crippen molar-refractivity contribution in [2.75, 3.05) is 13.1 Å². The van der Waals surface area contributed by atoms with Gasteiger partial charge in [0.15, 0.2) is 11.8 Å². The molecule has 0 aromatic carbocycles. The highest BCUT2D eigenvalue weighted by molar-refractivity contribution is 14.0. The Hall–Kier alpha value is -0.900. The minimum absolute atomic E-state index is 0. The zero-order chi connectivity index (χ0) is 17.3. The molecule has 140 valence electrons. The van der Waals surface area contributed by atoms with E-state index in [4.69, 9.17) is 0 Å². The minimum Gasteiger partial charge on any atom is -0.388 e. The van der Waals surface area contributed by atoms with E-state index < -0.39 is 5.60 Å². The first-order chi connectivity index (χ1) is 11.0. The number of hydrogen-bond acceptors (Lipinski definition) is 4. The van der Waals surface area contributed by atoms with Gasteiger partial charge in [-0.1, -0.05) is 26.7 Å². The Morgan fingerprint density at radius 3 is 2.25 bits per heavy atom. The molecule has 0 saturated carbocycles. The van der Waals surface area contributed by atoms with E-state index in [-0.39, 0.29) is 24.0 Å². The summed E-state index contributed by atoms with van der Waals surface area (Å²) >= 11 is 0. The molecule has 0 amide bonds. The average Bonchev–Trinajstić information content (AvgIpc) is 2.82. The third kappa shape index (κ3) is 7.33. The predicted molar refractivity (Wildman–Crippen MR) is 109 cm³/mol. The van der Waals surface area contributed by atoms with Gasteiger partial charge in [0.1, 0.15) is 12.4 Å². The van der Waals surface area contributed by atoms with Crippen LogP contribution in [0.3, 0.4) is 0 Å². The third-order valence-corrected chi connectivity index (χ3v) is 3.92. The average molecular weight is 452 g/mol. The summed E-state index contributed by atoms with van der Waals surface area (Å²) < 4.78 is 1.93. The molecule has 0 saturated heterocycles. The molecule has 1 aromatic heterocycles. The van der Waals surface area contributed by atoms with E-state index in [1.165, 1.54) is 0 Å². The highest BCUT2D eigenvalue weighted by Gasteiger charge is 2.24. The number of aromatic nitrogens is 3. The van der Waals surface area contributed by atoms with E-state index in [1.807, 2.05) is 25.5 Å². The Balaban J connectivity index is 0.00000529. The zero-order valence-electron chi connectivity index (χ0n) is 15.6. The fraction of sp³-hybridized carbons (Fsp3) is 0.812. The van der Waals surface area contributed by atoms with Crippen LogP contribution in [0.25, 0.3) is 0 Å². The van der Waals surface area contributed by atoms with E-state index in [1.54, 1.807) is 0 Å². The summed E-state index contributed by atoms with van der Waals surface area (Å²) in [7, 11) is 1.93. The van der Waals surface area contributed by atoms with Crippen molar-refractivity contribution in [3.8, 4) is 0 Å². The Morgan fingerprint density at radius 2 is 1.79 bits per heavy atom. The molecular formula is C16H33IN6O. The summed E-state index contributed by atoms with van der Waals surface area (Å²) in [6.07, 6.45) is 3.50. The lowest BCUT2D eigenvalue weighted by Gasteiger charge is -2.28. The van der Waals surface area contributed by atoms with Crippen LogP contribution in [0.15, 0.2) is 4.99 Å². The molecule has 0 bridgehead atoms. The molecular weight excluding hydrogens is 419 g/mol. The molecule has 1 aromatic rings. The third-order valence-electron chi connectivity index (χ3n) is 3.92. The molecule has 0 atom stereocenters. The van der Waals surface area contributed by atoms with Crippen LogP contribution in [0.1, 0.15) is 58.1 Å². The monoisotopic (exact) mass is 452 g/mol. The second kappa shape index (κ2) is 11.6. The van der Waals surface area contributed by atoms with Crippen molar-refractivity contribution in [1.29, 1.82) is 0 Å². The molecule has 0 spiro atoms. The van der Waals surface area contributed by atoms with Crippen LogP contribution >= 0.6 is 24.0 Å². The molecule has 1 rings (SSSR count). The summed E-state index contributed by atoms with van der Waals surface area (Å²) in [5.74, 6) is 2.38. The Kier molecular flexibility index (Phi) is 11.2. The van der Waals surface area contributed by atoms with Crippen LogP contribution in [0.5, 0.6) is 0 Å². The van der Waals surface area contributed by atoms with Gasteiger partial charge in [0.2, 0.25) is 0 Å². The van der Waals surface area contributed by atoms with Gasteiger partial charge in [-0.2, -0.15) is 0 Å². The van der Waals surface area contributed by atoms with Crippen molar-refractivity contribution in [3.63, 3.8) is 0 Å². The van der Waals surface area contributed by atoms with Crippen LogP contribution in [-0.2, 0) is 13.6 Å². The topological polar surface area (TPSA) is 87.4 Å². The van der Waals surface area contributed by atoms with Gasteiger partial charge in [-0.05, 0) is 26.7 Å². The second-order valence-corrected chi connectivity index (χ2v) is 6.00. The van der Waals surface area contributed by atoms with E-state index in [2.05, 4.69) is 39.7 Å². The van der Waals surface area contributed by atoms with Crippen molar-refractivity contribution in [1.82, 2.24) is 25.4 Å². The van der Waals surface area contributed by atoms with Gasteiger partial charge in [-0.15, -0.1) is 34.2 Å². The Bertz CT molecular complexity index is 497. The van der Waals surface area contributed by atoms with E-state index in [0.29, 0.717) is 19.0 Å². The zero-order valence-corrected chi connectivity index (χ0v) is 17.9. The first kappa shape index (κ1) is 23.1. The number of hydrogen-bond donors (Lipinski definition) is 3. The van der Waals surface area contributed by atoms with Crippen LogP contribution in [-0.4, -0.2) is 44.5 Å². The number of aliphatic hydroxyl groups is 1. The molecule has 0 unspecified atom stereocenters. The lowest BCUT2D eigenvalue weighted by Crippen LogP contribution is -2.47. The molecule has 0 aliphatic heterocycles. The Labute approximate surface area is 162 Å². The molecule has 0 aliphatic rings. The smallest absolute Gasteiger partial charge is 0.191 e. The maximum absolute atomic E-state index is 10.7. The molecule has 0 radical (unpaired) electrons. The standard InChI is InChI=1S/C16H32N6O.HI/c1-6-9-16(23,10-7-2)12-19-15(17-8-3)18-11-14-21-20-13(4)22(14)5;/h23H,6-12H2,1-5H3,(H2,17,18,19);1H. The summed E-state index contributed by atoms with van der Waals surface area (Å²) in [5, 5.41) is 25.3. The van der Waals surface area contributed by atoms with Gasteiger partial charge >= 0.3 is 0 Å². The van der Waals surface area contributed by atoms with Gasteiger partial charge in [-0.3, -0.25) is 0 Å². The molecule has 24 heavy (non-hydrogen) atoms. The molecule has 1 heterocycles. The maximum Gasteiger partial charge on any atom is 0.191 e. The maximum atomic E-state index is 10.7. The highest BCUT2D eigenvalue weighted by Crippen LogP contribution is 2.18. The van der Waals surface area contributed by atoms with Gasteiger partial charge in [0, 0.05) is 20.1 Å². The quantitative estimate of drug-likeness (QED) is 0.304. The van der Waals surface area contributed by atoms with Crippen LogP contribution in [0.2, 0.25) is 0 Å². The summed E-state index contributed by atoms with van der Waals surface area (Å²) in [6, 6.07) is 0. The Morgan fingerprint density at radius 1 is 1.17 bits per heavy atom. The number of nitrogens with one attached hydrogen (secondary N) is 2. The number of nitrogens with zero attached hydrogens (tertiary/aromatic N) is 4. The molecule has 8 heteroatoms. The lowest BCUT2D eigenvalue weighted by atomic mass is 9.93. The van der Waals surface area contributed by atoms with Crippen LogP contribution < -0.4 is 10.6 Å². The van der Waals surface area contributed by atoms with Gasteiger partial charge in [0.05, 0.1) is 5.60 Å². The van der Waals surface area contributed by atoms with Gasteiger partial charge in [-0.25, -0.2) is 4.99 Å². The van der Waals surface area contributed by atoms with Crippen molar-refractivity contribution in [3.05, 3.63) is 11.6 Å². The SMILES string of the molecule is CCCC(O)(CCC)CNC(=NCc1nnc(C)n1C)NCC.I. The van der Waals surface area contributed by atoms with Crippen molar-refractivity contribution in [2.24, 2.45) is 12.0 Å². The van der Waals surface area contributed by atoms with Crippen LogP contribution in [0.4, 0.5) is 0 Å². The first-order valence-electron chi connectivity index (χ1n) is 8.55. The number of aryl methyl sites for hydroxylation is 1. The largest absolute Gasteiger partial charge is 0.388 e. The van der Waals surface area contributed by atoms with E-state index in [9.17, 15) is 5.11 Å². The minimum atomic E-state index is -0.680. The molecule has 0 aliphatic carbocycles. The van der Waals surface area contributed by atoms with E-state index >= 15 is 0 Å². The second-order valence-electron chi connectivity index (χ2n) is 6.00. The number of halogens is 1. The fourth-order valence-electron chi connectivity index (χ4n) is 2.56. The summed E-state index contributed by atoms with van der Waals surface area (Å²) in [4.78, 5) is 4.54. The summed E-state index contributed by atoms with van der Waals surface area (Å²) in [6.45, 7) is 9.84. The van der Waals surface area contributed by atoms with Crippen molar-refractivity contribution < 1.29 is 5.11 Å². The fourth-order valence-corrected chi connectivity index (χ4v) is 2.56. The van der Waals surface area contributed by atoms with Gasteiger partial charge < -0.3 is 20.3 Å². The van der Waals surface area contributed by atoms with Crippen molar-refractivity contribution in [2.45, 2.75) is 65.5 Å². The van der Waals surface area contributed by atoms with E-state index in [0.717, 1.165) is 43.9 Å². The number of guanidine groups is 1. The molecule has 0 fully saturated rings. The van der Waals surface area contributed by atoms with Crippen LogP contribution in [0, 0.1) is 6.92 Å². The number of rotatable bonds is 9.